The highest BCUT2D eigenvalue weighted by molar-refractivity contribution is 7.98. The number of hydrogen-bond donors (Lipinski definition) is 2. The average molecular weight is 331 g/mol. The summed E-state index contributed by atoms with van der Waals surface area (Å²) in [5.74, 6) is 1.17. The highest BCUT2D eigenvalue weighted by atomic mass is 35.5. The summed E-state index contributed by atoms with van der Waals surface area (Å²) in [4.78, 5) is 13.2. The number of amides is 1. The first kappa shape index (κ1) is 18.1. The summed E-state index contributed by atoms with van der Waals surface area (Å²) >= 11 is 1.68. The second-order valence-corrected chi connectivity index (χ2v) is 6.00. The SMILES string of the molecule is CSc1ccc(OC(C)C(=O)NC(CN)C2CC2)cc1.Cl. The molecule has 0 bridgehead atoms. The molecule has 3 N–H and O–H groups in total. The van der Waals surface area contributed by atoms with Crippen LogP contribution in [0.25, 0.3) is 0 Å². The van der Waals surface area contributed by atoms with Crippen LogP contribution in [-0.4, -0.2) is 30.9 Å². The molecule has 21 heavy (non-hydrogen) atoms. The van der Waals surface area contributed by atoms with Crippen LogP contribution < -0.4 is 15.8 Å². The minimum absolute atomic E-state index is 0. The van der Waals surface area contributed by atoms with Gasteiger partial charge in [-0.15, -0.1) is 24.2 Å². The van der Waals surface area contributed by atoms with Crippen molar-refractivity contribution in [3.8, 4) is 5.75 Å². The van der Waals surface area contributed by atoms with Crippen molar-refractivity contribution in [2.45, 2.75) is 36.8 Å². The van der Waals surface area contributed by atoms with E-state index in [1.807, 2.05) is 30.5 Å². The summed E-state index contributed by atoms with van der Waals surface area (Å²) < 4.78 is 5.66. The Morgan fingerprint density at radius 2 is 2.05 bits per heavy atom. The Bertz CT molecular complexity index is 451. The van der Waals surface area contributed by atoms with Gasteiger partial charge in [-0.05, 0) is 56.2 Å². The summed E-state index contributed by atoms with van der Waals surface area (Å²) in [6.07, 6.45) is 3.83. The lowest BCUT2D eigenvalue weighted by Gasteiger charge is -2.20. The molecule has 2 atom stereocenters. The molecule has 118 valence electrons. The molecule has 1 aromatic rings. The topological polar surface area (TPSA) is 64.3 Å². The van der Waals surface area contributed by atoms with Crippen molar-refractivity contribution in [3.63, 3.8) is 0 Å². The number of hydrogen-bond acceptors (Lipinski definition) is 4. The molecule has 0 aliphatic heterocycles. The fourth-order valence-corrected chi connectivity index (χ4v) is 2.49. The summed E-state index contributed by atoms with van der Waals surface area (Å²) in [5.41, 5.74) is 5.69. The Kier molecular flexibility index (Phi) is 7.35. The summed E-state index contributed by atoms with van der Waals surface area (Å²) in [6, 6.07) is 7.83. The molecule has 0 heterocycles. The van der Waals surface area contributed by atoms with Gasteiger partial charge >= 0.3 is 0 Å². The molecule has 2 unspecified atom stereocenters. The highest BCUT2D eigenvalue weighted by Crippen LogP contribution is 2.32. The third-order valence-corrected chi connectivity index (χ3v) is 4.26. The third-order valence-electron chi connectivity index (χ3n) is 3.51. The van der Waals surface area contributed by atoms with E-state index in [-0.39, 0.29) is 24.4 Å². The number of carbonyl (C=O) groups excluding carboxylic acids is 1. The van der Waals surface area contributed by atoms with Crippen LogP contribution in [0.4, 0.5) is 0 Å². The molecule has 0 aromatic heterocycles. The molecule has 1 amide bonds. The van der Waals surface area contributed by atoms with E-state index in [0.717, 1.165) is 12.8 Å². The lowest BCUT2D eigenvalue weighted by molar-refractivity contribution is -0.128. The number of carbonyl (C=O) groups is 1. The Balaban J connectivity index is 0.00000220. The number of halogens is 1. The zero-order chi connectivity index (χ0) is 14.5. The maximum atomic E-state index is 12.1. The van der Waals surface area contributed by atoms with Crippen molar-refractivity contribution in [3.05, 3.63) is 24.3 Å². The molecular formula is C15H23ClN2O2S. The molecule has 1 aromatic carbocycles. The van der Waals surface area contributed by atoms with Gasteiger partial charge in [-0.1, -0.05) is 0 Å². The maximum Gasteiger partial charge on any atom is 0.261 e. The van der Waals surface area contributed by atoms with Crippen LogP contribution in [0.3, 0.4) is 0 Å². The molecule has 2 rings (SSSR count). The lowest BCUT2D eigenvalue weighted by Crippen LogP contribution is -2.46. The number of ether oxygens (including phenoxy) is 1. The fraction of sp³-hybridized carbons (Fsp3) is 0.533. The van der Waals surface area contributed by atoms with Crippen LogP contribution in [0.15, 0.2) is 29.2 Å². The quantitative estimate of drug-likeness (QED) is 0.754. The van der Waals surface area contributed by atoms with E-state index in [2.05, 4.69) is 5.32 Å². The largest absolute Gasteiger partial charge is 0.481 e. The van der Waals surface area contributed by atoms with Gasteiger partial charge in [-0.2, -0.15) is 0 Å². The van der Waals surface area contributed by atoms with Crippen LogP contribution in [0.5, 0.6) is 5.75 Å². The van der Waals surface area contributed by atoms with E-state index in [1.54, 1.807) is 18.7 Å². The molecule has 1 saturated carbocycles. The van der Waals surface area contributed by atoms with Crippen LogP contribution in [0, 0.1) is 5.92 Å². The van der Waals surface area contributed by atoms with Gasteiger partial charge in [-0.25, -0.2) is 0 Å². The first-order valence-electron chi connectivity index (χ1n) is 6.95. The summed E-state index contributed by atoms with van der Waals surface area (Å²) in [6.45, 7) is 2.25. The van der Waals surface area contributed by atoms with E-state index < -0.39 is 6.10 Å². The van der Waals surface area contributed by atoms with Crippen molar-refractivity contribution in [1.29, 1.82) is 0 Å². The molecule has 1 aliphatic rings. The first-order chi connectivity index (χ1) is 9.63. The Morgan fingerprint density at radius 1 is 1.43 bits per heavy atom. The third kappa shape index (κ3) is 5.41. The zero-order valence-electron chi connectivity index (χ0n) is 12.4. The minimum atomic E-state index is -0.511. The predicted molar refractivity (Wildman–Crippen MR) is 89.3 cm³/mol. The van der Waals surface area contributed by atoms with Crippen LogP contribution in [0.1, 0.15) is 19.8 Å². The predicted octanol–water partition coefficient (Wildman–Crippen LogP) is 2.45. The standard InChI is InChI=1S/C15H22N2O2S.ClH/c1-10(15(18)17-14(9-16)11-3-4-11)19-12-5-7-13(20-2)8-6-12;/h5-8,10-11,14H,3-4,9,16H2,1-2H3,(H,17,18);1H. The van der Waals surface area contributed by atoms with Crippen LogP contribution in [0.2, 0.25) is 0 Å². The van der Waals surface area contributed by atoms with E-state index in [4.69, 9.17) is 10.5 Å². The normalized spacial score (nSPS) is 16.5. The Labute approximate surface area is 136 Å². The monoisotopic (exact) mass is 330 g/mol. The summed E-state index contributed by atoms with van der Waals surface area (Å²) in [5, 5.41) is 2.98. The molecule has 1 fully saturated rings. The van der Waals surface area contributed by atoms with E-state index in [0.29, 0.717) is 18.2 Å². The van der Waals surface area contributed by atoms with Crippen LogP contribution >= 0.6 is 24.2 Å². The van der Waals surface area contributed by atoms with E-state index in [9.17, 15) is 4.79 Å². The minimum Gasteiger partial charge on any atom is -0.481 e. The average Bonchev–Trinajstić information content (AvgIpc) is 3.29. The van der Waals surface area contributed by atoms with Gasteiger partial charge < -0.3 is 15.8 Å². The maximum absolute atomic E-state index is 12.1. The van der Waals surface area contributed by atoms with Gasteiger partial charge in [0.2, 0.25) is 0 Å². The van der Waals surface area contributed by atoms with Gasteiger partial charge in [-0.3, -0.25) is 4.79 Å². The second kappa shape index (κ2) is 8.51. The van der Waals surface area contributed by atoms with Gasteiger partial charge in [0.25, 0.3) is 5.91 Å². The van der Waals surface area contributed by atoms with Gasteiger partial charge in [0, 0.05) is 17.5 Å². The van der Waals surface area contributed by atoms with Crippen molar-refractivity contribution in [2.75, 3.05) is 12.8 Å². The molecule has 4 nitrogen and oxygen atoms in total. The van der Waals surface area contributed by atoms with Crippen molar-refractivity contribution in [1.82, 2.24) is 5.32 Å². The second-order valence-electron chi connectivity index (χ2n) is 5.12. The zero-order valence-corrected chi connectivity index (χ0v) is 14.0. The molecule has 0 radical (unpaired) electrons. The van der Waals surface area contributed by atoms with E-state index >= 15 is 0 Å². The van der Waals surface area contributed by atoms with Gasteiger partial charge in [0.15, 0.2) is 6.10 Å². The number of nitrogens with one attached hydrogen (secondary N) is 1. The molecule has 1 aliphatic carbocycles. The first-order valence-corrected chi connectivity index (χ1v) is 8.17. The number of thioether (sulfide) groups is 1. The molecular weight excluding hydrogens is 308 g/mol. The van der Waals surface area contributed by atoms with Gasteiger partial charge in [0.05, 0.1) is 0 Å². The van der Waals surface area contributed by atoms with Crippen molar-refractivity contribution in [2.24, 2.45) is 11.7 Å². The van der Waals surface area contributed by atoms with Crippen molar-refractivity contribution < 1.29 is 9.53 Å². The summed E-state index contributed by atoms with van der Waals surface area (Å²) in [7, 11) is 0. The fourth-order valence-electron chi connectivity index (χ4n) is 2.08. The molecule has 0 saturated heterocycles. The molecule has 6 heteroatoms. The highest BCUT2D eigenvalue weighted by Gasteiger charge is 2.32. The van der Waals surface area contributed by atoms with Crippen molar-refractivity contribution >= 4 is 30.1 Å². The number of nitrogens with two attached hydrogens (primary N) is 1. The lowest BCUT2D eigenvalue weighted by atomic mass is 10.2. The Hall–Kier alpha value is -0.910. The van der Waals surface area contributed by atoms with E-state index in [1.165, 1.54) is 4.90 Å². The van der Waals surface area contributed by atoms with Gasteiger partial charge in [0.1, 0.15) is 5.75 Å². The number of benzene rings is 1. The number of rotatable bonds is 7. The molecule has 0 spiro atoms. The Morgan fingerprint density at radius 3 is 2.52 bits per heavy atom. The smallest absolute Gasteiger partial charge is 0.261 e. The van der Waals surface area contributed by atoms with Crippen LogP contribution in [-0.2, 0) is 4.79 Å².